The van der Waals surface area contributed by atoms with Crippen LogP contribution in [0.5, 0.6) is 5.75 Å². The predicted molar refractivity (Wildman–Crippen MR) is 101 cm³/mol. The van der Waals surface area contributed by atoms with Gasteiger partial charge in [0, 0.05) is 24.7 Å². The molecule has 0 saturated carbocycles. The zero-order valence-electron chi connectivity index (χ0n) is 15.9. The summed E-state index contributed by atoms with van der Waals surface area (Å²) < 4.78 is 5.18. The van der Waals surface area contributed by atoms with Crippen LogP contribution in [0, 0.1) is 5.41 Å². The number of carbonyl (C=O) groups is 1. The molecule has 2 aromatic rings. The van der Waals surface area contributed by atoms with E-state index >= 15 is 0 Å². The Morgan fingerprint density at radius 3 is 2.58 bits per heavy atom. The third kappa shape index (κ3) is 3.47. The van der Waals surface area contributed by atoms with Crippen molar-refractivity contribution >= 4 is 5.91 Å². The summed E-state index contributed by atoms with van der Waals surface area (Å²) in [6, 6.07) is 7.90. The van der Waals surface area contributed by atoms with E-state index in [4.69, 9.17) is 9.72 Å². The quantitative estimate of drug-likeness (QED) is 0.774. The maximum atomic E-state index is 12.8. The van der Waals surface area contributed by atoms with Crippen LogP contribution < -0.4 is 4.74 Å². The summed E-state index contributed by atoms with van der Waals surface area (Å²) in [4.78, 5) is 23.8. The van der Waals surface area contributed by atoms with Crippen molar-refractivity contribution in [1.82, 2.24) is 14.9 Å². The van der Waals surface area contributed by atoms with Crippen molar-refractivity contribution in [2.75, 3.05) is 7.11 Å². The Kier molecular flexibility index (Phi) is 4.81. The van der Waals surface area contributed by atoms with Crippen molar-refractivity contribution in [2.45, 2.75) is 40.3 Å². The average molecular weight is 351 g/mol. The van der Waals surface area contributed by atoms with Crippen molar-refractivity contribution < 1.29 is 9.53 Å². The molecule has 0 N–H and O–H groups in total. The molecule has 1 amide bonds. The van der Waals surface area contributed by atoms with Crippen LogP contribution in [0.1, 0.15) is 43.4 Å². The molecular formula is C21H25N3O2. The van der Waals surface area contributed by atoms with Crippen LogP contribution >= 0.6 is 0 Å². The molecule has 1 aliphatic rings. The van der Waals surface area contributed by atoms with Gasteiger partial charge < -0.3 is 9.64 Å². The molecule has 0 aliphatic carbocycles. The summed E-state index contributed by atoms with van der Waals surface area (Å²) >= 11 is 0. The van der Waals surface area contributed by atoms with Crippen molar-refractivity contribution in [3.05, 3.63) is 65.3 Å². The van der Waals surface area contributed by atoms with E-state index in [-0.39, 0.29) is 5.91 Å². The van der Waals surface area contributed by atoms with Crippen LogP contribution in [0.3, 0.4) is 0 Å². The molecule has 0 saturated heterocycles. The molecule has 0 spiro atoms. The Morgan fingerprint density at radius 1 is 1.27 bits per heavy atom. The van der Waals surface area contributed by atoms with Gasteiger partial charge in [-0.05, 0) is 38.5 Å². The lowest BCUT2D eigenvalue weighted by Crippen LogP contribution is -2.38. The van der Waals surface area contributed by atoms with E-state index in [0.29, 0.717) is 19.5 Å². The molecule has 1 aromatic heterocycles. The van der Waals surface area contributed by atoms with Crippen LogP contribution in [-0.2, 0) is 24.3 Å². The summed E-state index contributed by atoms with van der Waals surface area (Å²) in [6.07, 6.45) is 2.50. The zero-order chi connectivity index (χ0) is 18.9. The van der Waals surface area contributed by atoms with E-state index < -0.39 is 5.41 Å². The van der Waals surface area contributed by atoms with Crippen LogP contribution in [0.2, 0.25) is 0 Å². The summed E-state index contributed by atoms with van der Waals surface area (Å²) in [5.74, 6) is 1.68. The van der Waals surface area contributed by atoms with E-state index in [2.05, 4.69) is 11.6 Å². The third-order valence-electron chi connectivity index (χ3n) is 5.12. The van der Waals surface area contributed by atoms with Gasteiger partial charge in [-0.25, -0.2) is 9.97 Å². The molecular weight excluding hydrogens is 326 g/mol. The minimum Gasteiger partial charge on any atom is -0.497 e. The topological polar surface area (TPSA) is 55.3 Å². The monoisotopic (exact) mass is 351 g/mol. The smallest absolute Gasteiger partial charge is 0.232 e. The van der Waals surface area contributed by atoms with Crippen LogP contribution in [0.15, 0.2) is 42.6 Å². The number of aromatic nitrogens is 2. The normalized spacial score (nSPS) is 13.5. The second-order valence-electron chi connectivity index (χ2n) is 7.35. The molecule has 0 radical (unpaired) electrons. The van der Waals surface area contributed by atoms with Gasteiger partial charge in [0.1, 0.15) is 11.6 Å². The van der Waals surface area contributed by atoms with Gasteiger partial charge in [-0.1, -0.05) is 24.3 Å². The molecule has 0 atom stereocenters. The largest absolute Gasteiger partial charge is 0.497 e. The molecule has 1 aromatic carbocycles. The Hall–Kier alpha value is -2.69. The molecule has 3 rings (SSSR count). The standard InChI is InChI=1S/C21H25N3O2/c1-14(2)21(3,4)20(25)24-12-16-11-22-19(23-18(16)13-24)10-15-6-8-17(26-5)9-7-15/h6-9,11H,1,10,12-13H2,2-5H3. The van der Waals surface area contributed by atoms with E-state index in [9.17, 15) is 4.79 Å². The highest BCUT2D eigenvalue weighted by Crippen LogP contribution is 2.31. The summed E-state index contributed by atoms with van der Waals surface area (Å²) in [5, 5.41) is 0. The molecule has 136 valence electrons. The number of hydrogen-bond acceptors (Lipinski definition) is 4. The Balaban J connectivity index is 1.73. The summed E-state index contributed by atoms with van der Waals surface area (Å²) in [5.41, 5.74) is 3.38. The third-order valence-corrected chi connectivity index (χ3v) is 5.12. The number of fused-ring (bicyclic) bond motifs is 1. The van der Waals surface area contributed by atoms with Gasteiger partial charge in [0.15, 0.2) is 0 Å². The first kappa shape index (κ1) is 18.1. The Bertz CT molecular complexity index is 841. The lowest BCUT2D eigenvalue weighted by atomic mass is 9.84. The predicted octanol–water partition coefficient (Wildman–Crippen LogP) is 3.52. The van der Waals surface area contributed by atoms with Gasteiger partial charge in [0.05, 0.1) is 24.8 Å². The average Bonchev–Trinajstić information content (AvgIpc) is 3.04. The SMILES string of the molecule is C=C(C)C(C)(C)C(=O)N1Cc2cnc(Cc3ccc(OC)cc3)nc2C1. The van der Waals surface area contributed by atoms with Gasteiger partial charge in [-0.3, -0.25) is 4.79 Å². The number of ether oxygens (including phenoxy) is 1. The Morgan fingerprint density at radius 2 is 1.96 bits per heavy atom. The first-order valence-corrected chi connectivity index (χ1v) is 8.73. The fourth-order valence-corrected chi connectivity index (χ4v) is 2.93. The summed E-state index contributed by atoms with van der Waals surface area (Å²) in [7, 11) is 1.65. The molecule has 0 bridgehead atoms. The lowest BCUT2D eigenvalue weighted by Gasteiger charge is -2.29. The molecule has 5 heteroatoms. The van der Waals surface area contributed by atoms with E-state index in [1.54, 1.807) is 7.11 Å². The van der Waals surface area contributed by atoms with E-state index in [0.717, 1.165) is 34.0 Å². The number of rotatable bonds is 5. The Labute approximate surface area is 154 Å². The number of hydrogen-bond donors (Lipinski definition) is 0. The number of amides is 1. The number of nitrogens with zero attached hydrogens (tertiary/aromatic N) is 3. The maximum Gasteiger partial charge on any atom is 0.232 e. The molecule has 26 heavy (non-hydrogen) atoms. The van der Waals surface area contributed by atoms with Gasteiger partial charge >= 0.3 is 0 Å². The lowest BCUT2D eigenvalue weighted by molar-refractivity contribution is -0.139. The van der Waals surface area contributed by atoms with Gasteiger partial charge in [-0.2, -0.15) is 0 Å². The summed E-state index contributed by atoms with van der Waals surface area (Å²) in [6.45, 7) is 10.8. The zero-order valence-corrected chi connectivity index (χ0v) is 15.9. The second kappa shape index (κ2) is 6.90. The van der Waals surface area contributed by atoms with Crippen LogP contribution in [0.4, 0.5) is 0 Å². The molecule has 2 heterocycles. The van der Waals surface area contributed by atoms with Crippen LogP contribution in [0.25, 0.3) is 0 Å². The molecule has 0 fully saturated rings. The number of methoxy groups -OCH3 is 1. The van der Waals surface area contributed by atoms with Crippen molar-refractivity contribution in [3.63, 3.8) is 0 Å². The molecule has 0 unspecified atom stereocenters. The van der Waals surface area contributed by atoms with Gasteiger partial charge in [0.2, 0.25) is 5.91 Å². The van der Waals surface area contributed by atoms with Crippen molar-refractivity contribution in [1.29, 1.82) is 0 Å². The number of carbonyl (C=O) groups excluding carboxylic acids is 1. The van der Waals surface area contributed by atoms with E-state index in [1.807, 2.05) is 56.1 Å². The first-order chi connectivity index (χ1) is 12.3. The fourth-order valence-electron chi connectivity index (χ4n) is 2.93. The molecule has 5 nitrogen and oxygen atoms in total. The first-order valence-electron chi connectivity index (χ1n) is 8.73. The minimum absolute atomic E-state index is 0.0831. The minimum atomic E-state index is -0.568. The fraction of sp³-hybridized carbons (Fsp3) is 0.381. The molecule has 1 aliphatic heterocycles. The van der Waals surface area contributed by atoms with E-state index in [1.165, 1.54) is 0 Å². The number of benzene rings is 1. The maximum absolute atomic E-state index is 12.8. The van der Waals surface area contributed by atoms with Crippen molar-refractivity contribution in [2.24, 2.45) is 5.41 Å². The second-order valence-corrected chi connectivity index (χ2v) is 7.35. The van der Waals surface area contributed by atoms with Gasteiger partial charge in [0.25, 0.3) is 0 Å². The van der Waals surface area contributed by atoms with Crippen molar-refractivity contribution in [3.8, 4) is 5.75 Å². The van der Waals surface area contributed by atoms with Gasteiger partial charge in [-0.15, -0.1) is 0 Å². The van der Waals surface area contributed by atoms with Crippen LogP contribution in [-0.4, -0.2) is 27.9 Å². The highest BCUT2D eigenvalue weighted by Gasteiger charge is 2.36. The highest BCUT2D eigenvalue weighted by atomic mass is 16.5. The highest BCUT2D eigenvalue weighted by molar-refractivity contribution is 5.85.